The number of nitrogens with one attached hydrogen (secondary N) is 1. The smallest absolute Gasteiger partial charge is 0.257 e. The molecule has 1 fully saturated rings. The molecule has 10 heteroatoms. The zero-order chi connectivity index (χ0) is 20.4. The molecule has 0 spiro atoms. The average molecular weight is 434 g/mol. The van der Waals surface area contributed by atoms with E-state index in [0.29, 0.717) is 53.0 Å². The first-order valence-corrected chi connectivity index (χ1v) is 11.2. The third-order valence-electron chi connectivity index (χ3n) is 4.54. The maximum atomic E-state index is 12.8. The van der Waals surface area contributed by atoms with Crippen LogP contribution in [0.4, 0.5) is 5.13 Å². The van der Waals surface area contributed by atoms with E-state index in [1.54, 1.807) is 49.6 Å². The van der Waals surface area contributed by atoms with Gasteiger partial charge in [0.15, 0.2) is 5.13 Å². The Morgan fingerprint density at radius 3 is 2.59 bits per heavy atom. The van der Waals surface area contributed by atoms with Gasteiger partial charge in [-0.2, -0.15) is 4.31 Å². The highest BCUT2D eigenvalue weighted by atomic mass is 32.2. The van der Waals surface area contributed by atoms with Gasteiger partial charge in [-0.05, 0) is 42.5 Å². The second-order valence-corrected chi connectivity index (χ2v) is 9.32. The lowest BCUT2D eigenvalue weighted by Gasteiger charge is -2.25. The summed E-state index contributed by atoms with van der Waals surface area (Å²) in [6.45, 7) is 1.46. The van der Waals surface area contributed by atoms with E-state index in [0.717, 1.165) is 0 Å². The summed E-state index contributed by atoms with van der Waals surface area (Å²) in [5.41, 5.74) is 1.10. The molecule has 0 aliphatic carbocycles. The predicted octanol–water partition coefficient (Wildman–Crippen LogP) is 2.58. The van der Waals surface area contributed by atoms with Gasteiger partial charge in [0, 0.05) is 18.7 Å². The van der Waals surface area contributed by atoms with E-state index in [-0.39, 0.29) is 10.8 Å². The summed E-state index contributed by atoms with van der Waals surface area (Å²) >= 11 is 1.23. The number of methoxy groups -OCH3 is 1. The fourth-order valence-electron chi connectivity index (χ4n) is 2.97. The van der Waals surface area contributed by atoms with E-state index in [2.05, 4.69) is 10.3 Å². The molecule has 2 aromatic carbocycles. The first-order chi connectivity index (χ1) is 14.0. The summed E-state index contributed by atoms with van der Waals surface area (Å²) in [6, 6.07) is 11.5. The summed E-state index contributed by atoms with van der Waals surface area (Å²) in [4.78, 5) is 17.0. The summed E-state index contributed by atoms with van der Waals surface area (Å²) in [7, 11) is -2.02. The van der Waals surface area contributed by atoms with Crippen LogP contribution in [0.2, 0.25) is 0 Å². The van der Waals surface area contributed by atoms with Crippen LogP contribution in [0, 0.1) is 0 Å². The summed E-state index contributed by atoms with van der Waals surface area (Å²) in [5, 5.41) is 3.16. The van der Waals surface area contributed by atoms with E-state index >= 15 is 0 Å². The molecule has 4 rings (SSSR count). The van der Waals surface area contributed by atoms with E-state index in [9.17, 15) is 13.2 Å². The fourth-order valence-corrected chi connectivity index (χ4v) is 5.38. The van der Waals surface area contributed by atoms with Gasteiger partial charge in [-0.3, -0.25) is 10.1 Å². The number of hydrogen-bond acceptors (Lipinski definition) is 7. The SMILES string of the molecule is COc1ccc(C(=O)Nc2nc3ccc(S(=O)(=O)N4CCOCC4)cc3s2)cc1. The standard InChI is InChI=1S/C19H19N3O5S2/c1-26-14-4-2-13(3-5-14)18(23)21-19-20-16-7-6-15(12-17(16)28-19)29(24,25)22-8-10-27-11-9-22/h2-7,12H,8-11H2,1H3,(H,20,21,23). The molecule has 0 saturated carbocycles. The number of carbonyl (C=O) groups excluding carboxylic acids is 1. The molecular weight excluding hydrogens is 414 g/mol. The fraction of sp³-hybridized carbons (Fsp3) is 0.263. The van der Waals surface area contributed by atoms with Crippen LogP contribution in [0.25, 0.3) is 10.2 Å². The normalized spacial score (nSPS) is 15.3. The Morgan fingerprint density at radius 2 is 1.90 bits per heavy atom. The van der Waals surface area contributed by atoms with E-state index in [4.69, 9.17) is 9.47 Å². The van der Waals surface area contributed by atoms with Crippen molar-refractivity contribution >= 4 is 42.6 Å². The van der Waals surface area contributed by atoms with Gasteiger partial charge >= 0.3 is 0 Å². The number of sulfonamides is 1. The van der Waals surface area contributed by atoms with E-state index in [1.165, 1.54) is 15.6 Å². The quantitative estimate of drug-likeness (QED) is 0.664. The Bertz CT molecular complexity index is 1140. The molecule has 1 saturated heterocycles. The first-order valence-electron chi connectivity index (χ1n) is 8.91. The number of nitrogens with zero attached hydrogens (tertiary/aromatic N) is 2. The van der Waals surface area contributed by atoms with Crippen LogP contribution in [0.3, 0.4) is 0 Å². The number of benzene rings is 2. The molecular formula is C19H19N3O5S2. The summed E-state index contributed by atoms with van der Waals surface area (Å²) in [5.74, 6) is 0.364. The van der Waals surface area contributed by atoms with Crippen molar-refractivity contribution in [3.05, 3.63) is 48.0 Å². The third kappa shape index (κ3) is 4.10. The monoisotopic (exact) mass is 433 g/mol. The number of thiazole rings is 1. The maximum absolute atomic E-state index is 12.8. The van der Waals surface area contributed by atoms with Gasteiger partial charge in [0.1, 0.15) is 5.75 Å². The molecule has 1 aliphatic rings. The second kappa shape index (κ2) is 8.07. The average Bonchev–Trinajstić information content (AvgIpc) is 3.15. The van der Waals surface area contributed by atoms with Crippen molar-refractivity contribution in [2.75, 3.05) is 38.7 Å². The lowest BCUT2D eigenvalue weighted by molar-refractivity contribution is 0.0730. The molecule has 0 radical (unpaired) electrons. The van der Waals surface area contributed by atoms with Crippen LogP contribution in [-0.2, 0) is 14.8 Å². The number of carbonyl (C=O) groups is 1. The second-order valence-electron chi connectivity index (χ2n) is 6.35. The van der Waals surface area contributed by atoms with Gasteiger partial charge in [-0.1, -0.05) is 11.3 Å². The van der Waals surface area contributed by atoms with E-state index in [1.807, 2.05) is 0 Å². The highest BCUT2D eigenvalue weighted by Gasteiger charge is 2.26. The lowest BCUT2D eigenvalue weighted by atomic mass is 10.2. The van der Waals surface area contributed by atoms with Crippen LogP contribution in [-0.4, -0.2) is 57.0 Å². The van der Waals surface area contributed by atoms with Crippen molar-refractivity contribution in [3.8, 4) is 5.75 Å². The molecule has 2 heterocycles. The van der Waals surface area contributed by atoms with Crippen LogP contribution in [0.1, 0.15) is 10.4 Å². The van der Waals surface area contributed by atoms with Crippen molar-refractivity contribution in [1.82, 2.24) is 9.29 Å². The van der Waals surface area contributed by atoms with Crippen LogP contribution < -0.4 is 10.1 Å². The third-order valence-corrected chi connectivity index (χ3v) is 7.37. The highest BCUT2D eigenvalue weighted by molar-refractivity contribution is 7.89. The zero-order valence-corrected chi connectivity index (χ0v) is 17.3. The molecule has 152 valence electrons. The number of anilines is 1. The number of hydrogen-bond donors (Lipinski definition) is 1. The van der Waals surface area contributed by atoms with Crippen LogP contribution in [0.5, 0.6) is 5.75 Å². The van der Waals surface area contributed by atoms with Gasteiger partial charge in [0.05, 0.1) is 35.4 Å². The molecule has 3 aromatic rings. The predicted molar refractivity (Wildman–Crippen MR) is 110 cm³/mol. The first kappa shape index (κ1) is 19.8. The molecule has 29 heavy (non-hydrogen) atoms. The van der Waals surface area contributed by atoms with Crippen molar-refractivity contribution in [3.63, 3.8) is 0 Å². The molecule has 0 bridgehead atoms. The molecule has 0 atom stereocenters. The Labute approximate surface area is 172 Å². The zero-order valence-electron chi connectivity index (χ0n) is 15.6. The van der Waals surface area contributed by atoms with Crippen LogP contribution in [0.15, 0.2) is 47.4 Å². The minimum Gasteiger partial charge on any atom is -0.497 e. The van der Waals surface area contributed by atoms with Crippen molar-refractivity contribution in [2.24, 2.45) is 0 Å². The minimum atomic E-state index is -3.58. The Morgan fingerprint density at radius 1 is 1.17 bits per heavy atom. The van der Waals surface area contributed by atoms with Crippen molar-refractivity contribution < 1.29 is 22.7 Å². The Hall–Kier alpha value is -2.53. The minimum absolute atomic E-state index is 0.212. The molecule has 0 unspecified atom stereocenters. The topological polar surface area (TPSA) is 97.8 Å². The number of fused-ring (bicyclic) bond motifs is 1. The van der Waals surface area contributed by atoms with Crippen molar-refractivity contribution in [1.29, 1.82) is 0 Å². The largest absolute Gasteiger partial charge is 0.497 e. The molecule has 1 amide bonds. The molecule has 1 N–H and O–H groups in total. The summed E-state index contributed by atoms with van der Waals surface area (Å²) in [6.07, 6.45) is 0. The molecule has 1 aromatic heterocycles. The molecule has 1 aliphatic heterocycles. The van der Waals surface area contributed by atoms with E-state index < -0.39 is 10.0 Å². The van der Waals surface area contributed by atoms with Gasteiger partial charge < -0.3 is 9.47 Å². The number of aromatic nitrogens is 1. The molecule has 8 nitrogen and oxygen atoms in total. The Balaban J connectivity index is 1.55. The van der Waals surface area contributed by atoms with Gasteiger partial charge in [-0.25, -0.2) is 13.4 Å². The lowest BCUT2D eigenvalue weighted by Crippen LogP contribution is -2.40. The number of morpholine rings is 1. The maximum Gasteiger partial charge on any atom is 0.257 e. The van der Waals surface area contributed by atoms with Gasteiger partial charge in [0.25, 0.3) is 5.91 Å². The highest BCUT2D eigenvalue weighted by Crippen LogP contribution is 2.29. The van der Waals surface area contributed by atoms with Crippen molar-refractivity contribution in [2.45, 2.75) is 4.90 Å². The number of amides is 1. The van der Waals surface area contributed by atoms with Gasteiger partial charge in [-0.15, -0.1) is 0 Å². The summed E-state index contributed by atoms with van der Waals surface area (Å²) < 4.78 is 38.1. The van der Waals surface area contributed by atoms with Crippen LogP contribution >= 0.6 is 11.3 Å². The number of rotatable bonds is 5. The Kier molecular flexibility index (Phi) is 5.50. The number of ether oxygens (including phenoxy) is 2. The van der Waals surface area contributed by atoms with Gasteiger partial charge in [0.2, 0.25) is 10.0 Å².